The van der Waals surface area contributed by atoms with Gasteiger partial charge in [-0.25, -0.2) is 19.6 Å². The minimum absolute atomic E-state index is 0.0830. The molecule has 0 bridgehead atoms. The number of pyridine rings is 1. The SMILES string of the molecule is Cc1cc(C)nc(-n2nc(C)c(CC(=O)NCc3cn4cc(Br)ccc4n3)c2C)n1. The first-order chi connectivity index (χ1) is 14.3. The van der Waals surface area contributed by atoms with Crippen LogP contribution >= 0.6 is 15.9 Å². The van der Waals surface area contributed by atoms with E-state index in [-0.39, 0.29) is 12.3 Å². The summed E-state index contributed by atoms with van der Waals surface area (Å²) in [6.07, 6.45) is 4.08. The summed E-state index contributed by atoms with van der Waals surface area (Å²) in [7, 11) is 0. The van der Waals surface area contributed by atoms with Crippen LogP contribution < -0.4 is 5.32 Å². The van der Waals surface area contributed by atoms with Gasteiger partial charge in [-0.3, -0.25) is 4.79 Å². The van der Waals surface area contributed by atoms with Crippen LogP contribution in [0.15, 0.2) is 35.1 Å². The molecule has 4 heterocycles. The number of aromatic nitrogens is 6. The van der Waals surface area contributed by atoms with Crippen LogP contribution in [0.2, 0.25) is 0 Å². The van der Waals surface area contributed by atoms with Crippen molar-refractivity contribution in [3.63, 3.8) is 0 Å². The molecule has 1 N–H and O–H groups in total. The quantitative estimate of drug-likeness (QED) is 0.486. The van der Waals surface area contributed by atoms with Crippen LogP contribution in [0.4, 0.5) is 0 Å². The van der Waals surface area contributed by atoms with E-state index in [1.165, 1.54) is 0 Å². The highest BCUT2D eigenvalue weighted by atomic mass is 79.9. The van der Waals surface area contributed by atoms with Gasteiger partial charge in [-0.2, -0.15) is 5.10 Å². The first-order valence-corrected chi connectivity index (χ1v) is 10.4. The Morgan fingerprint density at radius 3 is 2.53 bits per heavy atom. The van der Waals surface area contributed by atoms with Crippen molar-refractivity contribution >= 4 is 27.5 Å². The van der Waals surface area contributed by atoms with Crippen LogP contribution in [-0.2, 0) is 17.8 Å². The fourth-order valence-electron chi connectivity index (χ4n) is 3.44. The standard InChI is InChI=1S/C21H22BrN7O/c1-12-7-13(2)25-21(24-12)29-15(4)18(14(3)27-29)8-20(30)23-9-17-11-28-10-16(22)5-6-19(28)26-17/h5-7,10-11H,8-9H2,1-4H3,(H,23,30). The number of carbonyl (C=O) groups is 1. The van der Waals surface area contributed by atoms with E-state index in [9.17, 15) is 4.79 Å². The van der Waals surface area contributed by atoms with Gasteiger partial charge in [-0.05, 0) is 61.8 Å². The Kier molecular flexibility index (Phi) is 5.38. The summed E-state index contributed by atoms with van der Waals surface area (Å²) in [5.74, 6) is 0.441. The molecule has 0 spiro atoms. The lowest BCUT2D eigenvalue weighted by Gasteiger charge is -2.06. The average Bonchev–Trinajstić information content (AvgIpc) is 3.20. The molecule has 0 aromatic carbocycles. The van der Waals surface area contributed by atoms with Gasteiger partial charge in [0, 0.05) is 39.5 Å². The normalized spacial score (nSPS) is 11.2. The first-order valence-electron chi connectivity index (χ1n) is 9.58. The summed E-state index contributed by atoms with van der Waals surface area (Å²) in [5.41, 5.74) is 5.94. The van der Waals surface area contributed by atoms with Crippen molar-refractivity contribution in [2.24, 2.45) is 0 Å². The lowest BCUT2D eigenvalue weighted by molar-refractivity contribution is -0.120. The fourth-order valence-corrected chi connectivity index (χ4v) is 3.79. The summed E-state index contributed by atoms with van der Waals surface area (Å²) in [5, 5.41) is 7.51. The zero-order valence-corrected chi connectivity index (χ0v) is 18.9. The Morgan fingerprint density at radius 2 is 1.80 bits per heavy atom. The molecule has 1 amide bonds. The highest BCUT2D eigenvalue weighted by Crippen LogP contribution is 2.17. The molecule has 4 rings (SSSR count). The van der Waals surface area contributed by atoms with Crippen molar-refractivity contribution in [3.8, 4) is 5.95 Å². The molecule has 4 aromatic heterocycles. The van der Waals surface area contributed by atoms with Crippen molar-refractivity contribution in [3.05, 3.63) is 69.1 Å². The summed E-state index contributed by atoms with van der Waals surface area (Å²) >= 11 is 3.45. The van der Waals surface area contributed by atoms with Crippen LogP contribution in [0.25, 0.3) is 11.6 Å². The van der Waals surface area contributed by atoms with Gasteiger partial charge in [-0.1, -0.05) is 0 Å². The Morgan fingerprint density at radius 1 is 1.07 bits per heavy atom. The van der Waals surface area contributed by atoms with Gasteiger partial charge in [0.2, 0.25) is 5.91 Å². The second-order valence-corrected chi connectivity index (χ2v) is 8.23. The van der Waals surface area contributed by atoms with Gasteiger partial charge in [0.1, 0.15) is 5.65 Å². The van der Waals surface area contributed by atoms with E-state index in [1.54, 1.807) is 4.68 Å². The molecular weight excluding hydrogens is 446 g/mol. The average molecular weight is 468 g/mol. The van der Waals surface area contributed by atoms with Gasteiger partial charge in [-0.15, -0.1) is 0 Å². The number of amides is 1. The number of fused-ring (bicyclic) bond motifs is 1. The molecule has 9 heteroatoms. The molecule has 0 atom stereocenters. The van der Waals surface area contributed by atoms with Crippen LogP contribution in [0.1, 0.15) is 34.0 Å². The van der Waals surface area contributed by atoms with Crippen molar-refractivity contribution in [1.29, 1.82) is 0 Å². The number of hydrogen-bond donors (Lipinski definition) is 1. The van der Waals surface area contributed by atoms with Crippen LogP contribution in [0, 0.1) is 27.7 Å². The molecule has 0 unspecified atom stereocenters. The third kappa shape index (κ3) is 4.11. The van der Waals surface area contributed by atoms with Gasteiger partial charge >= 0.3 is 0 Å². The largest absolute Gasteiger partial charge is 0.350 e. The smallest absolute Gasteiger partial charge is 0.251 e. The molecule has 0 radical (unpaired) electrons. The molecule has 4 aromatic rings. The fraction of sp³-hybridized carbons (Fsp3) is 0.286. The molecule has 0 aliphatic rings. The zero-order valence-electron chi connectivity index (χ0n) is 17.3. The lowest BCUT2D eigenvalue weighted by atomic mass is 10.1. The van der Waals surface area contributed by atoms with Crippen molar-refractivity contribution in [2.75, 3.05) is 0 Å². The third-order valence-electron chi connectivity index (χ3n) is 4.87. The van der Waals surface area contributed by atoms with Crippen molar-refractivity contribution in [2.45, 2.75) is 40.7 Å². The highest BCUT2D eigenvalue weighted by molar-refractivity contribution is 9.10. The number of hydrogen-bond acceptors (Lipinski definition) is 5. The van der Waals surface area contributed by atoms with Crippen LogP contribution in [-0.4, -0.2) is 35.0 Å². The molecule has 0 saturated carbocycles. The molecule has 0 fully saturated rings. The second kappa shape index (κ2) is 7.98. The lowest BCUT2D eigenvalue weighted by Crippen LogP contribution is -2.25. The van der Waals surface area contributed by atoms with E-state index in [4.69, 9.17) is 0 Å². The van der Waals surface area contributed by atoms with E-state index in [2.05, 4.69) is 41.3 Å². The van der Waals surface area contributed by atoms with Crippen molar-refractivity contribution < 1.29 is 4.79 Å². The summed E-state index contributed by atoms with van der Waals surface area (Å²) < 4.78 is 4.60. The van der Waals surface area contributed by atoms with E-state index < -0.39 is 0 Å². The molecule has 30 heavy (non-hydrogen) atoms. The third-order valence-corrected chi connectivity index (χ3v) is 5.34. The molecule has 8 nitrogen and oxygen atoms in total. The Labute approximate surface area is 182 Å². The highest BCUT2D eigenvalue weighted by Gasteiger charge is 2.18. The maximum absolute atomic E-state index is 12.6. The number of aryl methyl sites for hydroxylation is 3. The zero-order chi connectivity index (χ0) is 21.4. The van der Waals surface area contributed by atoms with Crippen LogP contribution in [0.5, 0.6) is 0 Å². The second-order valence-electron chi connectivity index (χ2n) is 7.31. The van der Waals surface area contributed by atoms with Gasteiger partial charge < -0.3 is 9.72 Å². The Bertz CT molecular complexity index is 1240. The van der Waals surface area contributed by atoms with Gasteiger partial charge in [0.15, 0.2) is 0 Å². The van der Waals surface area contributed by atoms with E-state index in [1.807, 2.05) is 62.7 Å². The number of rotatable bonds is 5. The summed E-state index contributed by atoms with van der Waals surface area (Å²) in [6, 6.07) is 5.78. The summed E-state index contributed by atoms with van der Waals surface area (Å²) in [4.78, 5) is 26.1. The molecule has 0 aliphatic heterocycles. The minimum atomic E-state index is -0.0830. The first kappa shape index (κ1) is 20.2. The van der Waals surface area contributed by atoms with E-state index in [0.29, 0.717) is 12.5 Å². The molecule has 0 saturated heterocycles. The number of halogens is 1. The Hall–Kier alpha value is -3.07. The number of carbonyl (C=O) groups excluding carboxylic acids is 1. The molecule has 154 valence electrons. The topological polar surface area (TPSA) is 90.0 Å². The maximum atomic E-state index is 12.6. The van der Waals surface area contributed by atoms with Crippen LogP contribution in [0.3, 0.4) is 0 Å². The molecule has 0 aliphatic carbocycles. The predicted octanol–water partition coefficient (Wildman–Crippen LogP) is 3.17. The van der Waals surface area contributed by atoms with Gasteiger partial charge in [0.05, 0.1) is 24.4 Å². The van der Waals surface area contributed by atoms with E-state index >= 15 is 0 Å². The van der Waals surface area contributed by atoms with Gasteiger partial charge in [0.25, 0.3) is 5.95 Å². The van der Waals surface area contributed by atoms with Crippen molar-refractivity contribution in [1.82, 2.24) is 34.4 Å². The Balaban J connectivity index is 1.48. The minimum Gasteiger partial charge on any atom is -0.350 e. The maximum Gasteiger partial charge on any atom is 0.251 e. The monoisotopic (exact) mass is 467 g/mol. The predicted molar refractivity (Wildman–Crippen MR) is 117 cm³/mol. The molecular formula is C21H22BrN7O. The number of nitrogens with one attached hydrogen (secondary N) is 1. The number of nitrogens with zero attached hydrogens (tertiary/aromatic N) is 6. The number of imidazole rings is 1. The summed E-state index contributed by atoms with van der Waals surface area (Å²) in [6.45, 7) is 8.05. The van der Waals surface area contributed by atoms with E-state index in [0.717, 1.165) is 44.2 Å².